The number of nitrogens with zero attached hydrogens (tertiary/aromatic N) is 1. The van der Waals surface area contributed by atoms with Gasteiger partial charge in [-0.25, -0.2) is 0 Å². The molecule has 25 heavy (non-hydrogen) atoms. The van der Waals surface area contributed by atoms with Gasteiger partial charge in [0, 0.05) is 26.2 Å². The predicted octanol–water partition coefficient (Wildman–Crippen LogP) is 2.59. The zero-order valence-corrected chi connectivity index (χ0v) is 14.3. The van der Waals surface area contributed by atoms with Gasteiger partial charge in [-0.1, -0.05) is 60.7 Å². The zero-order chi connectivity index (χ0) is 17.1. The Bertz CT molecular complexity index is 704. The third kappa shape index (κ3) is 3.91. The first-order valence-electron chi connectivity index (χ1n) is 9.01. The van der Waals surface area contributed by atoms with E-state index in [4.69, 9.17) is 4.74 Å². The molecule has 1 N–H and O–H groups in total. The molecule has 0 aromatic heterocycles. The van der Waals surface area contributed by atoms with Crippen LogP contribution in [0.5, 0.6) is 0 Å². The quantitative estimate of drug-likeness (QED) is 0.912. The zero-order valence-electron chi connectivity index (χ0n) is 14.3. The first-order valence-corrected chi connectivity index (χ1v) is 9.01. The summed E-state index contributed by atoms with van der Waals surface area (Å²) >= 11 is 0. The summed E-state index contributed by atoms with van der Waals surface area (Å²) < 4.78 is 6.05. The van der Waals surface area contributed by atoms with Gasteiger partial charge >= 0.3 is 0 Å². The fourth-order valence-corrected chi connectivity index (χ4v) is 3.90. The molecule has 4 nitrogen and oxygen atoms in total. The highest BCUT2D eigenvalue weighted by Gasteiger charge is 2.44. The van der Waals surface area contributed by atoms with Gasteiger partial charge in [-0.2, -0.15) is 0 Å². The van der Waals surface area contributed by atoms with E-state index >= 15 is 0 Å². The van der Waals surface area contributed by atoms with Crippen molar-refractivity contribution < 1.29 is 9.53 Å². The molecule has 0 radical (unpaired) electrons. The minimum absolute atomic E-state index is 0.0123. The summed E-state index contributed by atoms with van der Waals surface area (Å²) in [5.41, 5.74) is 2.44. The normalized spacial score (nSPS) is 25.7. The lowest BCUT2D eigenvalue weighted by Crippen LogP contribution is -2.44. The van der Waals surface area contributed by atoms with Crippen molar-refractivity contribution in [3.8, 4) is 0 Å². The first-order chi connectivity index (χ1) is 12.3. The van der Waals surface area contributed by atoms with Gasteiger partial charge in [0.25, 0.3) is 0 Å². The number of fused-ring (bicyclic) bond motifs is 2. The van der Waals surface area contributed by atoms with Crippen LogP contribution in [-0.4, -0.2) is 36.1 Å². The average Bonchev–Trinajstić information content (AvgIpc) is 2.96. The smallest absolute Gasteiger partial charge is 0.226 e. The van der Waals surface area contributed by atoms with Gasteiger partial charge in [-0.15, -0.1) is 0 Å². The molecule has 0 saturated carbocycles. The Morgan fingerprint density at radius 2 is 1.68 bits per heavy atom. The molecule has 0 spiro atoms. The molecule has 2 bridgehead atoms. The molecule has 2 fully saturated rings. The minimum atomic E-state index is -0.0329. The van der Waals surface area contributed by atoms with Crippen LogP contribution in [0.15, 0.2) is 60.7 Å². The van der Waals surface area contributed by atoms with Crippen molar-refractivity contribution in [3.63, 3.8) is 0 Å². The number of benzene rings is 2. The maximum atomic E-state index is 12.6. The fraction of sp³-hybridized carbons (Fsp3) is 0.381. The molecule has 130 valence electrons. The van der Waals surface area contributed by atoms with Crippen molar-refractivity contribution in [1.82, 2.24) is 10.2 Å². The summed E-state index contributed by atoms with van der Waals surface area (Å²) in [6.07, 6.45) is 1.02. The Morgan fingerprint density at radius 1 is 1.00 bits per heavy atom. The fourth-order valence-electron chi connectivity index (χ4n) is 3.90. The van der Waals surface area contributed by atoms with Crippen molar-refractivity contribution in [2.45, 2.75) is 31.7 Å². The van der Waals surface area contributed by atoms with E-state index in [1.807, 2.05) is 36.4 Å². The summed E-state index contributed by atoms with van der Waals surface area (Å²) in [4.78, 5) is 15.0. The highest BCUT2D eigenvalue weighted by molar-refractivity contribution is 5.79. The molecular formula is C21H24N2O2. The monoisotopic (exact) mass is 336 g/mol. The number of ether oxygens (including phenoxy) is 1. The number of carbonyl (C=O) groups excluding carboxylic acids is 1. The predicted molar refractivity (Wildman–Crippen MR) is 96.8 cm³/mol. The molecule has 2 saturated heterocycles. The van der Waals surface area contributed by atoms with Crippen LogP contribution < -0.4 is 5.32 Å². The van der Waals surface area contributed by atoms with E-state index in [-0.39, 0.29) is 24.0 Å². The van der Waals surface area contributed by atoms with Gasteiger partial charge in [-0.3, -0.25) is 9.69 Å². The van der Waals surface area contributed by atoms with Crippen molar-refractivity contribution in [2.75, 3.05) is 13.1 Å². The molecule has 2 aliphatic heterocycles. The summed E-state index contributed by atoms with van der Waals surface area (Å²) in [5.74, 6) is 0.0902. The van der Waals surface area contributed by atoms with Crippen LogP contribution in [-0.2, 0) is 22.6 Å². The van der Waals surface area contributed by atoms with Crippen LogP contribution in [0.25, 0.3) is 0 Å². The number of likely N-dealkylation sites (tertiary alicyclic amines) is 1. The molecule has 2 aromatic carbocycles. The molecule has 4 heteroatoms. The standard InChI is InChI=1S/C21H24N2O2/c24-21(22-12-16-7-3-1-4-8-16)19-11-18-14-23(15-20(19)25-18)13-17-9-5-2-6-10-17/h1-10,18-20H,11-15H2,(H,22,24)/t18-,19+,20-/m1/s1. The van der Waals surface area contributed by atoms with Gasteiger partial charge in [-0.05, 0) is 17.5 Å². The van der Waals surface area contributed by atoms with Crippen LogP contribution >= 0.6 is 0 Å². The Labute approximate surface area is 148 Å². The minimum Gasteiger partial charge on any atom is -0.371 e. The van der Waals surface area contributed by atoms with Crippen molar-refractivity contribution in [1.29, 1.82) is 0 Å². The Morgan fingerprint density at radius 3 is 2.40 bits per heavy atom. The van der Waals surface area contributed by atoms with Crippen LogP contribution in [0.4, 0.5) is 0 Å². The topological polar surface area (TPSA) is 41.6 Å². The third-order valence-electron chi connectivity index (χ3n) is 5.13. The largest absolute Gasteiger partial charge is 0.371 e. The summed E-state index contributed by atoms with van der Waals surface area (Å²) in [6.45, 7) is 3.25. The number of amides is 1. The Kier molecular flexibility index (Phi) is 4.81. The molecular weight excluding hydrogens is 312 g/mol. The Hall–Kier alpha value is -2.17. The molecule has 2 aromatic rings. The van der Waals surface area contributed by atoms with Crippen LogP contribution in [0.1, 0.15) is 17.5 Å². The highest BCUT2D eigenvalue weighted by Crippen LogP contribution is 2.32. The molecule has 1 amide bonds. The highest BCUT2D eigenvalue weighted by atomic mass is 16.5. The molecule has 3 atom stereocenters. The number of carbonyl (C=O) groups is 1. The maximum Gasteiger partial charge on any atom is 0.226 e. The average molecular weight is 336 g/mol. The second-order valence-electron chi connectivity index (χ2n) is 7.02. The van der Waals surface area contributed by atoms with Crippen molar-refractivity contribution in [3.05, 3.63) is 71.8 Å². The SMILES string of the molecule is O=C(NCc1ccccc1)[C@H]1C[C@@H]2CN(Cc3ccccc3)C[C@H]1O2. The van der Waals surface area contributed by atoms with E-state index in [0.717, 1.165) is 31.6 Å². The van der Waals surface area contributed by atoms with E-state index in [0.29, 0.717) is 6.54 Å². The number of hydrogen-bond acceptors (Lipinski definition) is 3. The lowest BCUT2D eigenvalue weighted by atomic mass is 9.99. The lowest BCUT2D eigenvalue weighted by molar-refractivity contribution is -0.128. The number of morpholine rings is 1. The number of rotatable bonds is 5. The third-order valence-corrected chi connectivity index (χ3v) is 5.13. The molecule has 2 heterocycles. The number of hydrogen-bond donors (Lipinski definition) is 1. The van der Waals surface area contributed by atoms with Crippen LogP contribution in [0, 0.1) is 5.92 Å². The van der Waals surface area contributed by atoms with Crippen LogP contribution in [0.2, 0.25) is 0 Å². The van der Waals surface area contributed by atoms with E-state index < -0.39 is 0 Å². The van der Waals surface area contributed by atoms with E-state index in [2.05, 4.69) is 34.5 Å². The Balaban J connectivity index is 1.33. The molecule has 2 aliphatic rings. The van der Waals surface area contributed by atoms with E-state index in [9.17, 15) is 4.79 Å². The van der Waals surface area contributed by atoms with Crippen molar-refractivity contribution >= 4 is 5.91 Å². The summed E-state index contributed by atoms with van der Waals surface area (Å²) in [6, 6.07) is 20.5. The van der Waals surface area contributed by atoms with Gasteiger partial charge in [0.2, 0.25) is 5.91 Å². The number of nitrogens with one attached hydrogen (secondary N) is 1. The van der Waals surface area contributed by atoms with Crippen LogP contribution in [0.3, 0.4) is 0 Å². The van der Waals surface area contributed by atoms with E-state index in [1.165, 1.54) is 5.56 Å². The van der Waals surface area contributed by atoms with E-state index in [1.54, 1.807) is 0 Å². The van der Waals surface area contributed by atoms with Gasteiger partial charge in [0.1, 0.15) is 0 Å². The summed E-state index contributed by atoms with van der Waals surface area (Å²) in [7, 11) is 0. The van der Waals surface area contributed by atoms with Crippen molar-refractivity contribution in [2.24, 2.45) is 5.92 Å². The molecule has 4 rings (SSSR count). The second-order valence-corrected chi connectivity index (χ2v) is 7.02. The van der Waals surface area contributed by atoms with Gasteiger partial charge in [0.15, 0.2) is 0 Å². The van der Waals surface area contributed by atoms with Gasteiger partial charge in [0.05, 0.1) is 18.1 Å². The first kappa shape index (κ1) is 16.3. The second kappa shape index (κ2) is 7.38. The molecule has 0 unspecified atom stereocenters. The van der Waals surface area contributed by atoms with Gasteiger partial charge < -0.3 is 10.1 Å². The summed E-state index contributed by atoms with van der Waals surface area (Å²) in [5, 5.41) is 3.08. The molecule has 0 aliphatic carbocycles. The lowest BCUT2D eigenvalue weighted by Gasteiger charge is -2.32. The maximum absolute atomic E-state index is 12.6.